The molecule has 0 aliphatic carbocycles. The van der Waals surface area contributed by atoms with E-state index in [4.69, 9.17) is 0 Å². The summed E-state index contributed by atoms with van der Waals surface area (Å²) in [6.07, 6.45) is -4.24. The van der Waals surface area contributed by atoms with Crippen molar-refractivity contribution in [2.75, 3.05) is 36.5 Å². The SMILES string of the molecule is N#Cc1cccc(-n2nc(C(F)(F)F)cc2C(=O)Nc2cccc(Cc3ccc(N(CCO)CCO)cc3)c2)c1. The molecule has 0 bridgehead atoms. The minimum absolute atomic E-state index is 0.0369. The Morgan fingerprint density at radius 3 is 2.30 bits per heavy atom. The summed E-state index contributed by atoms with van der Waals surface area (Å²) in [6, 6.07) is 23.0. The Morgan fingerprint density at radius 2 is 1.65 bits per heavy atom. The number of nitrogens with one attached hydrogen (secondary N) is 1. The third-order valence-corrected chi connectivity index (χ3v) is 6.09. The van der Waals surface area contributed by atoms with Crippen LogP contribution in [0.4, 0.5) is 24.5 Å². The van der Waals surface area contributed by atoms with Crippen LogP contribution in [-0.4, -0.2) is 52.2 Å². The summed E-state index contributed by atoms with van der Waals surface area (Å²) in [7, 11) is 0. The van der Waals surface area contributed by atoms with Crippen LogP contribution in [0.5, 0.6) is 0 Å². The van der Waals surface area contributed by atoms with Crippen molar-refractivity contribution >= 4 is 17.3 Å². The summed E-state index contributed by atoms with van der Waals surface area (Å²) < 4.78 is 41.2. The summed E-state index contributed by atoms with van der Waals surface area (Å²) in [5.41, 5.74) is 1.89. The van der Waals surface area contributed by atoms with E-state index in [0.717, 1.165) is 21.5 Å². The van der Waals surface area contributed by atoms with Crippen molar-refractivity contribution in [2.24, 2.45) is 0 Å². The quantitative estimate of drug-likeness (QED) is 0.270. The number of nitriles is 1. The molecule has 0 saturated heterocycles. The van der Waals surface area contributed by atoms with E-state index in [1.54, 1.807) is 18.2 Å². The number of anilines is 2. The number of carbonyl (C=O) groups excluding carboxylic acids is 1. The van der Waals surface area contributed by atoms with Gasteiger partial charge in [0.1, 0.15) is 5.69 Å². The first-order valence-corrected chi connectivity index (χ1v) is 12.4. The van der Waals surface area contributed by atoms with Gasteiger partial charge in [0.05, 0.1) is 30.5 Å². The van der Waals surface area contributed by atoms with Crippen molar-refractivity contribution in [1.82, 2.24) is 9.78 Å². The highest BCUT2D eigenvalue weighted by molar-refractivity contribution is 6.03. The van der Waals surface area contributed by atoms with Gasteiger partial charge in [0.25, 0.3) is 5.91 Å². The van der Waals surface area contributed by atoms with Crippen molar-refractivity contribution in [3.63, 3.8) is 0 Å². The first-order valence-electron chi connectivity index (χ1n) is 12.4. The van der Waals surface area contributed by atoms with Crippen molar-refractivity contribution in [1.29, 1.82) is 5.26 Å². The Kier molecular flexibility index (Phi) is 8.83. The molecule has 4 aromatic rings. The number of benzene rings is 3. The molecule has 3 aromatic carbocycles. The number of amides is 1. The van der Waals surface area contributed by atoms with Gasteiger partial charge in [-0.3, -0.25) is 4.79 Å². The van der Waals surface area contributed by atoms with Gasteiger partial charge in [-0.25, -0.2) is 4.68 Å². The van der Waals surface area contributed by atoms with E-state index >= 15 is 0 Å². The number of carbonyl (C=O) groups is 1. The number of aromatic nitrogens is 2. The van der Waals surface area contributed by atoms with E-state index in [0.29, 0.717) is 31.3 Å². The highest BCUT2D eigenvalue weighted by atomic mass is 19.4. The first kappa shape index (κ1) is 28.4. The average Bonchev–Trinajstić information content (AvgIpc) is 3.41. The van der Waals surface area contributed by atoms with Gasteiger partial charge in [0, 0.05) is 30.5 Å². The molecule has 0 atom stereocenters. The molecule has 0 saturated carbocycles. The van der Waals surface area contributed by atoms with Gasteiger partial charge in [-0.1, -0.05) is 30.3 Å². The predicted octanol–water partition coefficient (Wildman–Crippen LogP) is 4.40. The second-order valence-electron chi connectivity index (χ2n) is 8.92. The van der Waals surface area contributed by atoms with Crippen molar-refractivity contribution < 1.29 is 28.2 Å². The van der Waals surface area contributed by atoms with Crippen molar-refractivity contribution in [3.05, 3.63) is 107 Å². The number of rotatable bonds is 10. The van der Waals surface area contributed by atoms with Crippen LogP contribution >= 0.6 is 0 Å². The summed E-state index contributed by atoms with van der Waals surface area (Å²) in [5.74, 6) is -0.792. The lowest BCUT2D eigenvalue weighted by Gasteiger charge is -2.23. The highest BCUT2D eigenvalue weighted by Crippen LogP contribution is 2.30. The number of alkyl halides is 3. The molecule has 40 heavy (non-hydrogen) atoms. The molecule has 0 fully saturated rings. The number of hydrogen-bond donors (Lipinski definition) is 3. The number of nitrogens with zero attached hydrogens (tertiary/aromatic N) is 4. The van der Waals surface area contributed by atoms with Crippen LogP contribution in [0.2, 0.25) is 0 Å². The van der Waals surface area contributed by atoms with E-state index in [-0.39, 0.29) is 30.2 Å². The molecule has 0 unspecified atom stereocenters. The maximum Gasteiger partial charge on any atom is 0.435 e. The topological polar surface area (TPSA) is 114 Å². The summed E-state index contributed by atoms with van der Waals surface area (Å²) in [5, 5.41) is 33.9. The number of hydrogen-bond acceptors (Lipinski definition) is 6. The van der Waals surface area contributed by atoms with E-state index in [1.165, 1.54) is 24.3 Å². The number of aliphatic hydroxyl groups is 2. The molecule has 206 valence electrons. The zero-order chi connectivity index (χ0) is 28.7. The van der Waals surface area contributed by atoms with E-state index in [9.17, 15) is 33.4 Å². The van der Waals surface area contributed by atoms with Gasteiger partial charge in [0.15, 0.2) is 5.69 Å². The van der Waals surface area contributed by atoms with Gasteiger partial charge in [-0.2, -0.15) is 23.5 Å². The van der Waals surface area contributed by atoms with Crippen LogP contribution in [-0.2, 0) is 12.6 Å². The largest absolute Gasteiger partial charge is 0.435 e. The number of halogens is 3. The molecule has 4 rings (SSSR count). The third kappa shape index (κ3) is 6.85. The molecule has 1 heterocycles. The van der Waals surface area contributed by atoms with Crippen molar-refractivity contribution in [2.45, 2.75) is 12.6 Å². The first-order chi connectivity index (χ1) is 19.2. The smallest absolute Gasteiger partial charge is 0.395 e. The molecule has 0 spiro atoms. The minimum atomic E-state index is -4.77. The van der Waals surface area contributed by atoms with Gasteiger partial charge in [-0.15, -0.1) is 0 Å². The minimum Gasteiger partial charge on any atom is -0.395 e. The maximum atomic E-state index is 13.5. The Labute approximate surface area is 228 Å². The summed E-state index contributed by atoms with van der Waals surface area (Å²) in [4.78, 5) is 15.0. The Bertz CT molecular complexity index is 1500. The molecule has 0 aliphatic heterocycles. The molecule has 0 aliphatic rings. The summed E-state index contributed by atoms with van der Waals surface area (Å²) >= 11 is 0. The molecule has 0 radical (unpaired) electrons. The van der Waals surface area contributed by atoms with Gasteiger partial charge < -0.3 is 20.4 Å². The lowest BCUT2D eigenvalue weighted by atomic mass is 10.0. The highest BCUT2D eigenvalue weighted by Gasteiger charge is 2.36. The molecule has 8 nitrogen and oxygen atoms in total. The standard InChI is InChI=1S/C29H26F3N5O3/c30-29(31,32)27-18-26(37(35-27)25-6-2-4-22(17-25)19-33)28(40)34-23-5-1-3-21(16-23)15-20-7-9-24(10-8-20)36(11-13-38)12-14-39/h1-10,16-18,38-39H,11-15H2,(H,34,40). The van der Waals surface area contributed by atoms with Crippen LogP contribution < -0.4 is 10.2 Å². The lowest BCUT2D eigenvalue weighted by Crippen LogP contribution is -2.29. The van der Waals surface area contributed by atoms with E-state index in [2.05, 4.69) is 10.4 Å². The Balaban J connectivity index is 1.54. The molecule has 3 N–H and O–H groups in total. The predicted molar refractivity (Wildman–Crippen MR) is 143 cm³/mol. The Hall–Kier alpha value is -4.66. The van der Waals surface area contributed by atoms with E-state index < -0.39 is 17.8 Å². The maximum absolute atomic E-state index is 13.5. The normalized spacial score (nSPS) is 11.2. The second kappa shape index (κ2) is 12.5. The van der Waals surface area contributed by atoms with E-state index in [1.807, 2.05) is 41.3 Å². The van der Waals surface area contributed by atoms with Crippen LogP contribution in [0.3, 0.4) is 0 Å². The lowest BCUT2D eigenvalue weighted by molar-refractivity contribution is -0.141. The van der Waals surface area contributed by atoms with Crippen LogP contribution in [0, 0.1) is 11.3 Å². The third-order valence-electron chi connectivity index (χ3n) is 6.09. The molecular weight excluding hydrogens is 523 g/mol. The van der Waals surface area contributed by atoms with Gasteiger partial charge in [0.2, 0.25) is 0 Å². The fraction of sp³-hybridized carbons (Fsp3) is 0.207. The second-order valence-corrected chi connectivity index (χ2v) is 8.92. The monoisotopic (exact) mass is 549 g/mol. The molecule has 1 aromatic heterocycles. The van der Waals surface area contributed by atoms with Gasteiger partial charge in [-0.05, 0) is 60.0 Å². The summed E-state index contributed by atoms with van der Waals surface area (Å²) in [6.45, 7) is 0.721. The molecular formula is C29H26F3N5O3. The van der Waals surface area contributed by atoms with Crippen molar-refractivity contribution in [3.8, 4) is 11.8 Å². The fourth-order valence-electron chi connectivity index (χ4n) is 4.21. The van der Waals surface area contributed by atoms with Crippen LogP contribution in [0.1, 0.15) is 32.9 Å². The zero-order valence-corrected chi connectivity index (χ0v) is 21.3. The zero-order valence-electron chi connectivity index (χ0n) is 21.3. The van der Waals surface area contributed by atoms with Gasteiger partial charge >= 0.3 is 6.18 Å². The number of aliphatic hydroxyl groups excluding tert-OH is 2. The average molecular weight is 550 g/mol. The van der Waals surface area contributed by atoms with Crippen LogP contribution in [0.15, 0.2) is 78.9 Å². The fourth-order valence-corrected chi connectivity index (χ4v) is 4.21. The van der Waals surface area contributed by atoms with Crippen LogP contribution in [0.25, 0.3) is 5.69 Å². The molecule has 11 heteroatoms. The molecule has 1 amide bonds. The Morgan fingerprint density at radius 1 is 0.950 bits per heavy atom.